The molecule has 0 saturated carbocycles. The zero-order chi connectivity index (χ0) is 22.3. The number of amides is 1. The molecule has 2 atom stereocenters. The Morgan fingerprint density at radius 2 is 1.84 bits per heavy atom. The number of carbonyl (C=O) groups is 2. The van der Waals surface area contributed by atoms with E-state index in [0.29, 0.717) is 13.0 Å². The van der Waals surface area contributed by atoms with Crippen LogP contribution in [0.3, 0.4) is 0 Å². The highest BCUT2D eigenvalue weighted by atomic mass is 16.5. The minimum atomic E-state index is -1.14. The van der Waals surface area contributed by atoms with Crippen LogP contribution < -0.4 is 5.32 Å². The Labute approximate surface area is 183 Å². The Hall–Kier alpha value is -3.32. The van der Waals surface area contributed by atoms with Gasteiger partial charge < -0.3 is 15.2 Å². The summed E-state index contributed by atoms with van der Waals surface area (Å²) >= 11 is 0. The SMILES string of the molecule is COC(=O)[C@](C)(CO)C[C@@H](Cc1ccc(-c2ccccc2)cc1)NC(=O)C1=CCN=N1.[HH]. The van der Waals surface area contributed by atoms with E-state index < -0.39 is 17.4 Å². The molecule has 2 aromatic rings. The molecule has 1 amide bonds. The molecule has 1 aliphatic rings. The summed E-state index contributed by atoms with van der Waals surface area (Å²) in [6.07, 6.45) is 2.34. The van der Waals surface area contributed by atoms with Gasteiger partial charge in [0.05, 0.1) is 25.7 Å². The van der Waals surface area contributed by atoms with Crippen molar-refractivity contribution in [2.24, 2.45) is 15.6 Å². The lowest BCUT2D eigenvalue weighted by molar-refractivity contribution is -0.155. The molecule has 0 unspecified atom stereocenters. The first-order valence-corrected chi connectivity index (χ1v) is 10.2. The van der Waals surface area contributed by atoms with Crippen LogP contribution in [0.4, 0.5) is 0 Å². The van der Waals surface area contributed by atoms with E-state index in [1.807, 2.05) is 54.6 Å². The van der Waals surface area contributed by atoms with E-state index in [0.717, 1.165) is 16.7 Å². The van der Waals surface area contributed by atoms with E-state index in [9.17, 15) is 14.7 Å². The molecule has 1 aliphatic heterocycles. The minimum Gasteiger partial charge on any atom is -0.469 e. The summed E-state index contributed by atoms with van der Waals surface area (Å²) in [5.74, 6) is -0.870. The van der Waals surface area contributed by atoms with Crippen LogP contribution in [0.2, 0.25) is 0 Å². The first-order chi connectivity index (χ1) is 14.9. The molecular weight excluding hydrogens is 394 g/mol. The molecule has 0 fully saturated rings. The molecule has 2 N–H and O–H groups in total. The Morgan fingerprint density at radius 3 is 2.42 bits per heavy atom. The largest absolute Gasteiger partial charge is 0.469 e. The topological polar surface area (TPSA) is 100 Å². The van der Waals surface area contributed by atoms with Crippen molar-refractivity contribution in [2.75, 3.05) is 20.3 Å². The average molecular weight is 424 g/mol. The number of esters is 1. The second-order valence-corrected chi connectivity index (χ2v) is 7.87. The van der Waals surface area contributed by atoms with Gasteiger partial charge in [-0.15, -0.1) is 0 Å². The van der Waals surface area contributed by atoms with Crippen LogP contribution in [-0.4, -0.2) is 43.3 Å². The molecule has 0 aromatic heterocycles. The van der Waals surface area contributed by atoms with E-state index >= 15 is 0 Å². The minimum absolute atomic E-state index is 0. The molecule has 0 saturated heterocycles. The van der Waals surface area contributed by atoms with Crippen LogP contribution in [0, 0.1) is 5.41 Å². The van der Waals surface area contributed by atoms with Gasteiger partial charge in [0.2, 0.25) is 0 Å². The fourth-order valence-electron chi connectivity index (χ4n) is 3.61. The normalized spacial score (nSPS) is 15.6. The summed E-state index contributed by atoms with van der Waals surface area (Å²) in [4.78, 5) is 24.8. The number of methoxy groups -OCH3 is 1. The number of azo groups is 1. The lowest BCUT2D eigenvalue weighted by atomic mass is 9.82. The van der Waals surface area contributed by atoms with Crippen molar-refractivity contribution in [2.45, 2.75) is 25.8 Å². The summed E-state index contributed by atoms with van der Waals surface area (Å²) in [5.41, 5.74) is 2.33. The van der Waals surface area contributed by atoms with Crippen molar-refractivity contribution in [1.82, 2.24) is 5.32 Å². The van der Waals surface area contributed by atoms with Gasteiger partial charge in [-0.25, -0.2) is 0 Å². The standard InChI is InChI=1S/C24H27N3O4.H2/c1-24(16-28,23(30)31-2)15-20(26-22(29)21-12-13-25-27-21)14-17-8-10-19(11-9-17)18-6-4-3-5-7-18;/h3-12,20,28H,13-16H2,1-2H3,(H,26,29);1H/t20-,24+;/m1./s1. The highest BCUT2D eigenvalue weighted by Gasteiger charge is 2.37. The summed E-state index contributed by atoms with van der Waals surface area (Å²) in [5, 5.41) is 20.4. The lowest BCUT2D eigenvalue weighted by Crippen LogP contribution is -2.44. The van der Waals surface area contributed by atoms with E-state index in [1.165, 1.54) is 7.11 Å². The molecule has 0 radical (unpaired) electrons. The van der Waals surface area contributed by atoms with Crippen LogP contribution in [0.15, 0.2) is 76.6 Å². The average Bonchev–Trinajstić information content (AvgIpc) is 3.34. The number of benzene rings is 2. The van der Waals surface area contributed by atoms with Crippen LogP contribution in [0.25, 0.3) is 11.1 Å². The highest BCUT2D eigenvalue weighted by molar-refractivity contribution is 5.93. The van der Waals surface area contributed by atoms with Gasteiger partial charge in [0, 0.05) is 7.47 Å². The third kappa shape index (κ3) is 5.64. The van der Waals surface area contributed by atoms with Crippen LogP contribution in [0.5, 0.6) is 0 Å². The number of rotatable bonds is 9. The molecule has 164 valence electrons. The number of aliphatic hydroxyl groups is 1. The van der Waals surface area contributed by atoms with Crippen molar-refractivity contribution in [3.63, 3.8) is 0 Å². The zero-order valence-corrected chi connectivity index (χ0v) is 17.7. The Kier molecular flexibility index (Phi) is 7.31. The molecule has 7 heteroatoms. The molecule has 0 spiro atoms. The first kappa shape index (κ1) is 22.4. The van der Waals surface area contributed by atoms with Crippen LogP contribution in [-0.2, 0) is 20.7 Å². The van der Waals surface area contributed by atoms with Crippen molar-refractivity contribution in [3.05, 3.63) is 71.9 Å². The second kappa shape index (κ2) is 10.1. The maximum Gasteiger partial charge on any atom is 0.313 e. The van der Waals surface area contributed by atoms with E-state index in [1.54, 1.807) is 13.0 Å². The van der Waals surface area contributed by atoms with Crippen molar-refractivity contribution in [1.29, 1.82) is 0 Å². The number of aliphatic hydroxyl groups excluding tert-OH is 1. The van der Waals surface area contributed by atoms with E-state index in [-0.39, 0.29) is 26.1 Å². The highest BCUT2D eigenvalue weighted by Crippen LogP contribution is 2.27. The van der Waals surface area contributed by atoms with Gasteiger partial charge in [0.1, 0.15) is 5.70 Å². The fourth-order valence-corrected chi connectivity index (χ4v) is 3.61. The maximum absolute atomic E-state index is 12.6. The van der Waals surface area contributed by atoms with Gasteiger partial charge in [-0.05, 0) is 42.5 Å². The molecule has 0 bridgehead atoms. The molecule has 2 aromatic carbocycles. The zero-order valence-electron chi connectivity index (χ0n) is 17.7. The number of hydrogen-bond donors (Lipinski definition) is 2. The summed E-state index contributed by atoms with van der Waals surface area (Å²) < 4.78 is 4.87. The molecule has 31 heavy (non-hydrogen) atoms. The first-order valence-electron chi connectivity index (χ1n) is 10.2. The number of nitrogens with one attached hydrogen (secondary N) is 1. The van der Waals surface area contributed by atoms with Crippen molar-refractivity contribution < 1.29 is 20.9 Å². The van der Waals surface area contributed by atoms with Crippen molar-refractivity contribution in [3.8, 4) is 11.1 Å². The molecule has 1 heterocycles. The summed E-state index contributed by atoms with van der Waals surface area (Å²) in [6.45, 7) is 1.62. The van der Waals surface area contributed by atoms with E-state index in [4.69, 9.17) is 4.74 Å². The third-order valence-electron chi connectivity index (χ3n) is 5.38. The number of ether oxygens (including phenoxy) is 1. The third-order valence-corrected chi connectivity index (χ3v) is 5.38. The van der Waals surface area contributed by atoms with E-state index in [2.05, 4.69) is 15.5 Å². The lowest BCUT2D eigenvalue weighted by Gasteiger charge is -2.29. The van der Waals surface area contributed by atoms with Gasteiger partial charge in [-0.2, -0.15) is 10.2 Å². The maximum atomic E-state index is 12.6. The summed E-state index contributed by atoms with van der Waals surface area (Å²) in [6, 6.07) is 17.7. The van der Waals surface area contributed by atoms with Crippen LogP contribution in [0.1, 0.15) is 20.3 Å². The number of nitrogens with zero attached hydrogens (tertiary/aromatic N) is 2. The van der Waals surface area contributed by atoms with Gasteiger partial charge in [-0.3, -0.25) is 9.59 Å². The van der Waals surface area contributed by atoms with Crippen LogP contribution >= 0.6 is 0 Å². The second-order valence-electron chi connectivity index (χ2n) is 7.87. The van der Waals surface area contributed by atoms with Gasteiger partial charge >= 0.3 is 5.97 Å². The predicted octanol–water partition coefficient (Wildman–Crippen LogP) is 3.54. The quantitative estimate of drug-likeness (QED) is 0.603. The number of hydrogen-bond acceptors (Lipinski definition) is 6. The monoisotopic (exact) mass is 423 g/mol. The summed E-state index contributed by atoms with van der Waals surface area (Å²) in [7, 11) is 1.29. The Bertz CT molecular complexity index is 976. The molecular formula is C24H29N3O4. The molecule has 3 rings (SSSR count). The smallest absolute Gasteiger partial charge is 0.313 e. The Balaban J connectivity index is 0.00000363. The Morgan fingerprint density at radius 1 is 1.16 bits per heavy atom. The van der Waals surface area contributed by atoms with Gasteiger partial charge in [0.25, 0.3) is 5.91 Å². The van der Waals surface area contributed by atoms with Gasteiger partial charge in [-0.1, -0.05) is 54.6 Å². The predicted molar refractivity (Wildman–Crippen MR) is 119 cm³/mol. The van der Waals surface area contributed by atoms with Gasteiger partial charge in [0.15, 0.2) is 0 Å². The number of carbonyl (C=O) groups excluding carboxylic acids is 2. The fraction of sp³-hybridized carbons (Fsp3) is 0.333. The molecule has 0 aliphatic carbocycles. The van der Waals surface area contributed by atoms with Crippen molar-refractivity contribution >= 4 is 11.9 Å². The molecule has 7 nitrogen and oxygen atoms in total.